The molecule has 0 atom stereocenters. The zero-order valence-electron chi connectivity index (χ0n) is 9.15. The van der Waals surface area contributed by atoms with E-state index in [9.17, 15) is 4.79 Å². The number of ether oxygens (including phenoxy) is 1. The summed E-state index contributed by atoms with van der Waals surface area (Å²) in [5.41, 5.74) is 1.06. The van der Waals surface area contributed by atoms with Crippen molar-refractivity contribution in [3.05, 3.63) is 30.0 Å². The summed E-state index contributed by atoms with van der Waals surface area (Å²) in [4.78, 5) is 13.8. The summed E-state index contributed by atoms with van der Waals surface area (Å²) in [6.45, 7) is 3.89. The van der Waals surface area contributed by atoms with E-state index < -0.39 is 5.97 Å². The van der Waals surface area contributed by atoms with Crippen molar-refractivity contribution in [3.63, 3.8) is 0 Å². The first kappa shape index (κ1) is 10.5. The summed E-state index contributed by atoms with van der Waals surface area (Å²) >= 11 is 0. The second kappa shape index (κ2) is 3.89. The lowest BCUT2D eigenvalue weighted by molar-refractivity contribution is 0.0699. The first-order valence-corrected chi connectivity index (χ1v) is 5.09. The second-order valence-electron chi connectivity index (χ2n) is 3.88. The van der Waals surface area contributed by atoms with Gasteiger partial charge in [-0.05, 0) is 26.0 Å². The largest absolute Gasteiger partial charge is 0.491 e. The van der Waals surface area contributed by atoms with Gasteiger partial charge in [0.25, 0.3) is 0 Å². The summed E-state index contributed by atoms with van der Waals surface area (Å²) in [5, 5.41) is 9.63. The Bertz CT molecular complexity index is 528. The molecule has 84 valence electrons. The van der Waals surface area contributed by atoms with Crippen LogP contribution in [-0.2, 0) is 0 Å². The molecule has 0 amide bonds. The normalized spacial score (nSPS) is 10.9. The predicted octanol–water partition coefficient (Wildman–Crippen LogP) is 2.65. The Morgan fingerprint density at radius 1 is 1.44 bits per heavy atom. The highest BCUT2D eigenvalue weighted by Gasteiger charge is 2.10. The van der Waals surface area contributed by atoms with Gasteiger partial charge in [-0.3, -0.25) is 0 Å². The third kappa shape index (κ3) is 1.86. The monoisotopic (exact) mass is 219 g/mol. The Labute approximate surface area is 92.9 Å². The van der Waals surface area contributed by atoms with Gasteiger partial charge >= 0.3 is 5.97 Å². The van der Waals surface area contributed by atoms with Crippen molar-refractivity contribution >= 4 is 16.9 Å². The molecule has 0 aliphatic carbocycles. The van der Waals surface area contributed by atoms with Crippen molar-refractivity contribution in [1.82, 2.24) is 4.98 Å². The van der Waals surface area contributed by atoms with Gasteiger partial charge in [-0.25, -0.2) is 4.79 Å². The Balaban J connectivity index is 2.45. The van der Waals surface area contributed by atoms with Crippen LogP contribution in [0.5, 0.6) is 5.75 Å². The van der Waals surface area contributed by atoms with Crippen LogP contribution < -0.4 is 4.74 Å². The first-order valence-electron chi connectivity index (χ1n) is 5.09. The molecule has 0 unspecified atom stereocenters. The van der Waals surface area contributed by atoms with Gasteiger partial charge in [-0.15, -0.1) is 0 Å². The van der Waals surface area contributed by atoms with E-state index in [1.165, 1.54) is 6.20 Å². The first-order chi connectivity index (χ1) is 7.58. The molecule has 1 heterocycles. The van der Waals surface area contributed by atoms with Crippen LogP contribution in [0.3, 0.4) is 0 Å². The standard InChI is InChI=1S/C12H13NO3/c1-7(2)16-8-3-4-9-10(12(14)15)6-13-11(9)5-8/h3-7,13H,1-2H3,(H,14,15). The fourth-order valence-electron chi connectivity index (χ4n) is 1.63. The molecule has 0 bridgehead atoms. The molecule has 1 aromatic carbocycles. The number of hydrogen-bond donors (Lipinski definition) is 2. The Morgan fingerprint density at radius 3 is 2.81 bits per heavy atom. The van der Waals surface area contributed by atoms with Crippen LogP contribution >= 0.6 is 0 Å². The summed E-state index contributed by atoms with van der Waals surface area (Å²) in [6.07, 6.45) is 1.60. The molecule has 16 heavy (non-hydrogen) atoms. The summed E-state index contributed by atoms with van der Waals surface area (Å²) in [6, 6.07) is 5.34. The smallest absolute Gasteiger partial charge is 0.337 e. The number of carboxylic acid groups (broad SMARTS) is 1. The maximum atomic E-state index is 10.9. The van der Waals surface area contributed by atoms with Gasteiger partial charge in [-0.2, -0.15) is 0 Å². The fraction of sp³-hybridized carbons (Fsp3) is 0.250. The number of aromatic amines is 1. The Morgan fingerprint density at radius 2 is 2.19 bits per heavy atom. The maximum Gasteiger partial charge on any atom is 0.337 e. The molecule has 0 aliphatic heterocycles. The molecule has 0 radical (unpaired) electrons. The molecule has 2 aromatic rings. The molecule has 0 aliphatic rings. The molecule has 2 N–H and O–H groups in total. The number of rotatable bonds is 3. The highest BCUT2D eigenvalue weighted by molar-refractivity contribution is 6.03. The number of carboxylic acids is 1. The van der Waals surface area contributed by atoms with Crippen molar-refractivity contribution in [3.8, 4) is 5.75 Å². The van der Waals surface area contributed by atoms with Crippen molar-refractivity contribution in [1.29, 1.82) is 0 Å². The Kier molecular flexibility index (Phi) is 2.56. The zero-order chi connectivity index (χ0) is 11.7. The van der Waals surface area contributed by atoms with E-state index in [0.717, 1.165) is 11.3 Å². The number of fused-ring (bicyclic) bond motifs is 1. The average Bonchev–Trinajstić information content (AvgIpc) is 2.59. The number of hydrogen-bond acceptors (Lipinski definition) is 2. The Hall–Kier alpha value is -1.97. The van der Waals surface area contributed by atoms with Crippen LogP contribution in [0.1, 0.15) is 24.2 Å². The molecule has 4 nitrogen and oxygen atoms in total. The van der Waals surface area contributed by atoms with E-state index in [1.807, 2.05) is 19.9 Å². The quantitative estimate of drug-likeness (QED) is 0.834. The van der Waals surface area contributed by atoms with E-state index in [0.29, 0.717) is 5.39 Å². The highest BCUT2D eigenvalue weighted by Crippen LogP contribution is 2.23. The van der Waals surface area contributed by atoms with Gasteiger partial charge in [0.15, 0.2) is 0 Å². The van der Waals surface area contributed by atoms with Crippen LogP contribution in [0.2, 0.25) is 0 Å². The molecule has 1 aromatic heterocycles. The van der Waals surface area contributed by atoms with Crippen LogP contribution in [-0.4, -0.2) is 22.2 Å². The van der Waals surface area contributed by atoms with Gasteiger partial charge in [0.05, 0.1) is 11.7 Å². The molecule has 2 rings (SSSR count). The van der Waals surface area contributed by atoms with E-state index in [2.05, 4.69) is 4.98 Å². The van der Waals surface area contributed by atoms with Crippen LogP contribution in [0.25, 0.3) is 10.9 Å². The SMILES string of the molecule is CC(C)Oc1ccc2c(C(=O)O)c[nH]c2c1. The van der Waals surface area contributed by atoms with Gasteiger partial charge in [0.1, 0.15) is 5.75 Å². The average molecular weight is 219 g/mol. The summed E-state index contributed by atoms with van der Waals surface area (Å²) in [5.74, 6) is -0.190. The van der Waals surface area contributed by atoms with E-state index >= 15 is 0 Å². The number of H-pyrrole nitrogens is 1. The van der Waals surface area contributed by atoms with Gasteiger partial charge in [0.2, 0.25) is 0 Å². The third-order valence-corrected chi connectivity index (χ3v) is 2.26. The van der Waals surface area contributed by atoms with E-state index in [-0.39, 0.29) is 11.7 Å². The highest BCUT2D eigenvalue weighted by atomic mass is 16.5. The lowest BCUT2D eigenvalue weighted by atomic mass is 10.2. The second-order valence-corrected chi connectivity index (χ2v) is 3.88. The summed E-state index contributed by atoms with van der Waals surface area (Å²) in [7, 11) is 0. The molecule has 0 saturated heterocycles. The minimum atomic E-state index is -0.927. The minimum absolute atomic E-state index is 0.103. The molecule has 0 spiro atoms. The maximum absolute atomic E-state index is 10.9. The van der Waals surface area contributed by atoms with Gasteiger partial charge in [0, 0.05) is 23.2 Å². The van der Waals surface area contributed by atoms with Gasteiger partial charge in [-0.1, -0.05) is 0 Å². The number of aromatic carboxylic acids is 1. The van der Waals surface area contributed by atoms with Gasteiger partial charge < -0.3 is 14.8 Å². The van der Waals surface area contributed by atoms with Crippen LogP contribution in [0.15, 0.2) is 24.4 Å². The van der Waals surface area contributed by atoms with E-state index in [1.54, 1.807) is 12.1 Å². The van der Waals surface area contributed by atoms with Crippen LogP contribution in [0.4, 0.5) is 0 Å². The molecule has 0 saturated carbocycles. The molecule has 0 fully saturated rings. The zero-order valence-corrected chi connectivity index (χ0v) is 9.15. The predicted molar refractivity (Wildman–Crippen MR) is 61.0 cm³/mol. The number of carbonyl (C=O) groups is 1. The molecular formula is C12H13NO3. The number of benzene rings is 1. The van der Waals surface area contributed by atoms with Crippen molar-refractivity contribution in [2.75, 3.05) is 0 Å². The number of aromatic nitrogens is 1. The lowest BCUT2D eigenvalue weighted by Crippen LogP contribution is -2.05. The minimum Gasteiger partial charge on any atom is -0.491 e. The third-order valence-electron chi connectivity index (χ3n) is 2.26. The lowest BCUT2D eigenvalue weighted by Gasteiger charge is -2.09. The topological polar surface area (TPSA) is 62.3 Å². The summed E-state index contributed by atoms with van der Waals surface area (Å²) < 4.78 is 5.52. The van der Waals surface area contributed by atoms with Crippen LogP contribution in [0, 0.1) is 0 Å². The van der Waals surface area contributed by atoms with E-state index in [4.69, 9.17) is 9.84 Å². The van der Waals surface area contributed by atoms with Crippen molar-refractivity contribution < 1.29 is 14.6 Å². The molecule has 4 heteroatoms. The van der Waals surface area contributed by atoms with Crippen molar-refractivity contribution in [2.45, 2.75) is 20.0 Å². The van der Waals surface area contributed by atoms with Crippen molar-refractivity contribution in [2.24, 2.45) is 0 Å². The fourth-order valence-corrected chi connectivity index (χ4v) is 1.63. The number of nitrogens with one attached hydrogen (secondary N) is 1. The molecular weight excluding hydrogens is 206 g/mol.